The molecule has 92 valence electrons. The van der Waals surface area contributed by atoms with E-state index in [9.17, 15) is 0 Å². The molecule has 0 saturated heterocycles. The fraction of sp³-hybridized carbons (Fsp3) is 0.0833. The maximum absolute atomic E-state index is 5.69. The van der Waals surface area contributed by atoms with E-state index in [-0.39, 0.29) is 6.04 Å². The lowest BCUT2D eigenvalue weighted by Crippen LogP contribution is -2.28. The molecule has 3 rings (SSSR count). The first-order chi connectivity index (χ1) is 8.79. The predicted octanol–water partition coefficient (Wildman–Crippen LogP) is 3.67. The topological polar surface area (TPSA) is 50.9 Å². The van der Waals surface area contributed by atoms with Crippen LogP contribution < -0.4 is 11.3 Å². The van der Waals surface area contributed by atoms with Gasteiger partial charge in [0.2, 0.25) is 0 Å². The number of hydrogen-bond donors (Lipinski definition) is 2. The molecule has 0 aliphatic heterocycles. The van der Waals surface area contributed by atoms with Crippen molar-refractivity contribution in [2.75, 3.05) is 0 Å². The van der Waals surface area contributed by atoms with Gasteiger partial charge < -0.3 is 0 Å². The van der Waals surface area contributed by atoms with Gasteiger partial charge in [0.1, 0.15) is 0 Å². The molecule has 0 bridgehead atoms. The summed E-state index contributed by atoms with van der Waals surface area (Å²) < 4.78 is 2.25. The molecule has 3 aromatic heterocycles. The van der Waals surface area contributed by atoms with E-state index in [1.165, 1.54) is 4.70 Å². The first-order valence-electron chi connectivity index (χ1n) is 5.30. The lowest BCUT2D eigenvalue weighted by molar-refractivity contribution is 0.635. The summed E-state index contributed by atoms with van der Waals surface area (Å²) >= 11 is 6.88. The highest BCUT2D eigenvalue weighted by Gasteiger charge is 2.17. The number of hydrazine groups is 1. The van der Waals surface area contributed by atoms with Crippen molar-refractivity contribution in [2.45, 2.75) is 6.04 Å². The molecule has 3 heterocycles. The average Bonchev–Trinajstić information content (AvgIpc) is 2.99. The molecule has 0 aromatic carbocycles. The zero-order valence-electron chi connectivity index (χ0n) is 9.26. The molecule has 0 radical (unpaired) electrons. The van der Waals surface area contributed by atoms with Gasteiger partial charge in [-0.15, -0.1) is 11.3 Å². The van der Waals surface area contributed by atoms with Gasteiger partial charge in [-0.25, -0.2) is 5.43 Å². The molecule has 3 N–H and O–H groups in total. The highest BCUT2D eigenvalue weighted by atomic mass is 79.9. The maximum Gasteiger partial charge on any atom is 0.0809 e. The summed E-state index contributed by atoms with van der Waals surface area (Å²) in [6.45, 7) is 0. The first-order valence-corrected chi connectivity index (χ1v) is 7.92. The smallest absolute Gasteiger partial charge is 0.0809 e. The number of nitrogens with two attached hydrogens (primary N) is 1. The molecular formula is C12H10BrN3S2. The number of fused-ring (bicyclic) bond motifs is 1. The van der Waals surface area contributed by atoms with Crippen LogP contribution in [0.25, 0.3) is 10.2 Å². The normalized spacial score (nSPS) is 13.0. The van der Waals surface area contributed by atoms with Gasteiger partial charge in [-0.05, 0) is 49.9 Å². The number of hydrogen-bond acceptors (Lipinski definition) is 5. The van der Waals surface area contributed by atoms with Crippen LogP contribution in [0.15, 0.2) is 38.9 Å². The quantitative estimate of drug-likeness (QED) is 0.565. The monoisotopic (exact) mass is 339 g/mol. The van der Waals surface area contributed by atoms with Gasteiger partial charge in [0.15, 0.2) is 0 Å². The van der Waals surface area contributed by atoms with E-state index in [1.54, 1.807) is 22.7 Å². The summed E-state index contributed by atoms with van der Waals surface area (Å²) in [4.78, 5) is 4.45. The third kappa shape index (κ3) is 2.10. The number of thiophene rings is 2. The number of nitrogens with zero attached hydrogens (tertiary/aromatic N) is 1. The van der Waals surface area contributed by atoms with Gasteiger partial charge >= 0.3 is 0 Å². The Labute approximate surface area is 121 Å². The summed E-state index contributed by atoms with van der Waals surface area (Å²) in [5, 5.41) is 6.19. The van der Waals surface area contributed by atoms with E-state index in [1.807, 2.05) is 17.6 Å². The van der Waals surface area contributed by atoms with Crippen LogP contribution in [0, 0.1) is 0 Å². The van der Waals surface area contributed by atoms with Gasteiger partial charge in [-0.2, -0.15) is 11.3 Å². The van der Waals surface area contributed by atoms with Gasteiger partial charge in [0.05, 0.1) is 16.3 Å². The minimum absolute atomic E-state index is 0.0374. The minimum atomic E-state index is -0.0374. The largest absolute Gasteiger partial charge is 0.271 e. The van der Waals surface area contributed by atoms with Crippen molar-refractivity contribution in [1.82, 2.24) is 10.4 Å². The van der Waals surface area contributed by atoms with Crippen molar-refractivity contribution < 1.29 is 0 Å². The average molecular weight is 340 g/mol. The van der Waals surface area contributed by atoms with Crippen LogP contribution in [0.5, 0.6) is 0 Å². The molecule has 0 saturated carbocycles. The Morgan fingerprint density at radius 1 is 1.39 bits per heavy atom. The molecular weight excluding hydrogens is 330 g/mol. The standard InChI is InChI=1S/C12H10BrN3S2/c13-9-6-17-5-8(9)12(16-14)7-3-11-10(15-4-7)1-2-18-11/h1-6,12,16H,14H2. The van der Waals surface area contributed by atoms with E-state index >= 15 is 0 Å². The van der Waals surface area contributed by atoms with Crippen LogP contribution in [0.2, 0.25) is 0 Å². The van der Waals surface area contributed by atoms with E-state index in [4.69, 9.17) is 5.84 Å². The van der Waals surface area contributed by atoms with Gasteiger partial charge in [0, 0.05) is 16.0 Å². The number of rotatable bonds is 3. The second-order valence-electron chi connectivity index (χ2n) is 3.85. The molecule has 1 unspecified atom stereocenters. The first kappa shape index (κ1) is 12.3. The number of nitrogens with one attached hydrogen (secondary N) is 1. The summed E-state index contributed by atoms with van der Waals surface area (Å²) in [7, 11) is 0. The van der Waals surface area contributed by atoms with Crippen LogP contribution in [0.4, 0.5) is 0 Å². The van der Waals surface area contributed by atoms with Crippen molar-refractivity contribution in [3.8, 4) is 0 Å². The zero-order valence-corrected chi connectivity index (χ0v) is 12.5. The minimum Gasteiger partial charge on any atom is -0.271 e. The van der Waals surface area contributed by atoms with Crippen LogP contribution in [-0.4, -0.2) is 4.98 Å². The van der Waals surface area contributed by atoms with E-state index < -0.39 is 0 Å². The Morgan fingerprint density at radius 2 is 2.28 bits per heavy atom. The van der Waals surface area contributed by atoms with Crippen LogP contribution in [-0.2, 0) is 0 Å². The maximum atomic E-state index is 5.69. The van der Waals surface area contributed by atoms with Crippen LogP contribution >= 0.6 is 38.6 Å². The second-order valence-corrected chi connectivity index (χ2v) is 6.39. The van der Waals surface area contributed by atoms with Crippen molar-refractivity contribution in [3.63, 3.8) is 0 Å². The van der Waals surface area contributed by atoms with Crippen molar-refractivity contribution >= 4 is 48.8 Å². The van der Waals surface area contributed by atoms with E-state index in [0.29, 0.717) is 0 Å². The Hall–Kier alpha value is -0.790. The Balaban J connectivity index is 2.08. The predicted molar refractivity (Wildman–Crippen MR) is 80.8 cm³/mol. The number of pyridine rings is 1. The lowest BCUT2D eigenvalue weighted by Gasteiger charge is -2.15. The van der Waals surface area contributed by atoms with Gasteiger partial charge in [-0.1, -0.05) is 0 Å². The highest BCUT2D eigenvalue weighted by Crippen LogP contribution is 2.32. The summed E-state index contributed by atoms with van der Waals surface area (Å²) in [5.41, 5.74) is 6.11. The molecule has 0 aliphatic rings. The third-order valence-electron chi connectivity index (χ3n) is 2.78. The van der Waals surface area contributed by atoms with Crippen molar-refractivity contribution in [2.24, 2.45) is 5.84 Å². The highest BCUT2D eigenvalue weighted by molar-refractivity contribution is 9.10. The molecule has 3 nitrogen and oxygen atoms in total. The summed E-state index contributed by atoms with van der Waals surface area (Å²) in [6.07, 6.45) is 1.88. The molecule has 18 heavy (non-hydrogen) atoms. The second kappa shape index (κ2) is 5.07. The molecule has 0 aliphatic carbocycles. The van der Waals surface area contributed by atoms with Crippen LogP contribution in [0.1, 0.15) is 17.2 Å². The number of halogens is 1. The Bertz CT molecular complexity index is 677. The molecule has 0 spiro atoms. The SMILES string of the molecule is NNC(c1cnc2ccsc2c1)c1cscc1Br. The molecule has 0 amide bonds. The van der Waals surface area contributed by atoms with E-state index in [2.05, 4.69) is 43.2 Å². The van der Waals surface area contributed by atoms with Gasteiger partial charge in [0.25, 0.3) is 0 Å². The molecule has 3 aromatic rings. The number of aromatic nitrogens is 1. The lowest BCUT2D eigenvalue weighted by atomic mass is 10.0. The van der Waals surface area contributed by atoms with E-state index in [0.717, 1.165) is 21.1 Å². The fourth-order valence-corrected chi connectivity index (χ4v) is 4.22. The molecule has 0 fully saturated rings. The Kier molecular flexibility index (Phi) is 3.45. The fourth-order valence-electron chi connectivity index (χ4n) is 1.88. The van der Waals surface area contributed by atoms with Gasteiger partial charge in [-0.3, -0.25) is 10.8 Å². The van der Waals surface area contributed by atoms with Crippen molar-refractivity contribution in [3.05, 3.63) is 50.1 Å². The Morgan fingerprint density at radius 3 is 3.00 bits per heavy atom. The van der Waals surface area contributed by atoms with Crippen LogP contribution in [0.3, 0.4) is 0 Å². The summed E-state index contributed by atoms with van der Waals surface area (Å²) in [6, 6.07) is 4.13. The zero-order chi connectivity index (χ0) is 12.5. The summed E-state index contributed by atoms with van der Waals surface area (Å²) in [5.74, 6) is 5.69. The molecule has 6 heteroatoms. The van der Waals surface area contributed by atoms with Crippen molar-refractivity contribution in [1.29, 1.82) is 0 Å². The third-order valence-corrected chi connectivity index (χ3v) is 5.38. The molecule has 1 atom stereocenters.